The Morgan fingerprint density at radius 2 is 1.86 bits per heavy atom. The highest BCUT2D eigenvalue weighted by Gasteiger charge is 2.23. The zero-order valence-electron chi connectivity index (χ0n) is 14.9. The van der Waals surface area contributed by atoms with E-state index in [9.17, 15) is 9.90 Å². The van der Waals surface area contributed by atoms with Crippen LogP contribution in [0.4, 0.5) is 5.69 Å². The molecule has 0 atom stereocenters. The van der Waals surface area contributed by atoms with Gasteiger partial charge in [0.1, 0.15) is 5.56 Å². The zero-order chi connectivity index (χ0) is 19.7. The number of allylic oxidation sites excluding steroid dienone is 2. The summed E-state index contributed by atoms with van der Waals surface area (Å²) in [7, 11) is 0. The third kappa shape index (κ3) is 3.04. The number of aromatic nitrogens is 2. The Kier molecular flexibility index (Phi) is 4.63. The van der Waals surface area contributed by atoms with Crippen molar-refractivity contribution in [1.29, 1.82) is 0 Å². The minimum absolute atomic E-state index is 0.130. The van der Waals surface area contributed by atoms with Gasteiger partial charge in [-0.1, -0.05) is 54.6 Å². The number of aromatic amines is 1. The van der Waals surface area contributed by atoms with Crippen LogP contribution in [0.3, 0.4) is 0 Å². The summed E-state index contributed by atoms with van der Waals surface area (Å²) in [6, 6.07) is 17.5. The second kappa shape index (κ2) is 7.25. The molecule has 2 aromatic carbocycles. The Balaban J connectivity index is 1.97. The maximum absolute atomic E-state index is 12.6. The molecule has 0 unspecified atom stereocenters. The smallest absolute Gasteiger partial charge is 0.262 e. The fourth-order valence-corrected chi connectivity index (χ4v) is 3.47. The molecule has 2 heterocycles. The molecule has 2 N–H and O–H groups in total. The van der Waals surface area contributed by atoms with Crippen LogP contribution >= 0.6 is 12.2 Å². The second-order valence-corrected chi connectivity index (χ2v) is 6.68. The van der Waals surface area contributed by atoms with Crippen molar-refractivity contribution in [2.75, 3.05) is 0 Å². The van der Waals surface area contributed by atoms with Crippen molar-refractivity contribution in [3.05, 3.63) is 99.1 Å². The van der Waals surface area contributed by atoms with Gasteiger partial charge in [-0.15, -0.1) is 6.58 Å². The highest BCUT2D eigenvalue weighted by atomic mass is 32.1. The molecule has 1 aliphatic rings. The van der Waals surface area contributed by atoms with Crippen molar-refractivity contribution in [1.82, 2.24) is 9.55 Å². The van der Waals surface area contributed by atoms with Crippen molar-refractivity contribution in [2.45, 2.75) is 6.54 Å². The topological polar surface area (TPSA) is 70.4 Å². The molecule has 5 nitrogen and oxygen atoms in total. The van der Waals surface area contributed by atoms with Gasteiger partial charge in [-0.3, -0.25) is 14.3 Å². The van der Waals surface area contributed by atoms with Gasteiger partial charge in [0, 0.05) is 23.2 Å². The standard InChI is InChI=1S/C22H17N3O2S/c1-2-12-25-21(27)17(20(26)24-22(25)28)13-16-15-10-6-7-11-18(15)23-19(16)14-8-4-3-5-9-14/h2-11,13,27H,1,12H2,(H,24,26,28). The highest BCUT2D eigenvalue weighted by Crippen LogP contribution is 2.38. The van der Waals surface area contributed by atoms with Crippen LogP contribution in [0.1, 0.15) is 16.7 Å². The SMILES string of the molecule is C=CCn1c(O)c(C=C2C(c3ccccc3)=Nc3ccccc32)c(=O)[nH]c1=S. The Hall–Kier alpha value is -3.51. The van der Waals surface area contributed by atoms with Crippen LogP contribution in [0.15, 0.2) is 77.0 Å². The van der Waals surface area contributed by atoms with E-state index in [1.807, 2.05) is 54.6 Å². The maximum Gasteiger partial charge on any atom is 0.262 e. The van der Waals surface area contributed by atoms with Crippen molar-refractivity contribution in [3.8, 4) is 5.88 Å². The largest absolute Gasteiger partial charge is 0.494 e. The van der Waals surface area contributed by atoms with Gasteiger partial charge in [-0.2, -0.15) is 0 Å². The Morgan fingerprint density at radius 3 is 2.61 bits per heavy atom. The molecule has 6 heteroatoms. The molecule has 0 fully saturated rings. The van der Waals surface area contributed by atoms with Gasteiger partial charge in [0.15, 0.2) is 4.77 Å². The predicted molar refractivity (Wildman–Crippen MR) is 115 cm³/mol. The molecule has 28 heavy (non-hydrogen) atoms. The molecule has 0 saturated heterocycles. The summed E-state index contributed by atoms with van der Waals surface area (Å²) in [5, 5.41) is 10.7. The third-order valence-electron chi connectivity index (χ3n) is 4.54. The van der Waals surface area contributed by atoms with Crippen molar-refractivity contribution in [3.63, 3.8) is 0 Å². The first-order valence-electron chi connectivity index (χ1n) is 8.72. The van der Waals surface area contributed by atoms with Crippen LogP contribution in [0.25, 0.3) is 11.6 Å². The van der Waals surface area contributed by atoms with Crippen LogP contribution in [0, 0.1) is 4.77 Å². The quantitative estimate of drug-likeness (QED) is 0.512. The van der Waals surface area contributed by atoms with E-state index in [0.717, 1.165) is 28.1 Å². The average Bonchev–Trinajstić information content (AvgIpc) is 3.07. The molecule has 0 aliphatic carbocycles. The minimum Gasteiger partial charge on any atom is -0.494 e. The summed E-state index contributed by atoms with van der Waals surface area (Å²) in [6.07, 6.45) is 3.27. The van der Waals surface area contributed by atoms with E-state index in [0.29, 0.717) is 0 Å². The van der Waals surface area contributed by atoms with E-state index < -0.39 is 5.56 Å². The summed E-state index contributed by atoms with van der Waals surface area (Å²) in [5.74, 6) is -0.196. The number of aromatic hydroxyl groups is 1. The van der Waals surface area contributed by atoms with Crippen molar-refractivity contribution >= 4 is 35.3 Å². The molecule has 0 saturated carbocycles. The van der Waals surface area contributed by atoms with Gasteiger partial charge in [0.2, 0.25) is 5.88 Å². The van der Waals surface area contributed by atoms with Crippen LogP contribution in [-0.2, 0) is 6.54 Å². The number of nitrogens with one attached hydrogen (secondary N) is 1. The van der Waals surface area contributed by atoms with E-state index in [2.05, 4.69) is 11.6 Å². The first kappa shape index (κ1) is 17.9. The highest BCUT2D eigenvalue weighted by molar-refractivity contribution is 7.71. The number of rotatable bonds is 4. The molecular formula is C22H17N3O2S. The molecule has 0 spiro atoms. The molecule has 0 bridgehead atoms. The number of hydrogen-bond acceptors (Lipinski definition) is 4. The monoisotopic (exact) mass is 387 g/mol. The van der Waals surface area contributed by atoms with Crippen LogP contribution in [0.2, 0.25) is 0 Å². The lowest BCUT2D eigenvalue weighted by molar-refractivity contribution is 0.413. The maximum atomic E-state index is 12.6. The van der Waals surface area contributed by atoms with Gasteiger partial charge in [0.25, 0.3) is 5.56 Å². The van der Waals surface area contributed by atoms with Crippen molar-refractivity contribution in [2.24, 2.45) is 4.99 Å². The molecule has 4 rings (SSSR count). The molecule has 3 aromatic rings. The van der Waals surface area contributed by atoms with Gasteiger partial charge in [0.05, 0.1) is 11.4 Å². The molecule has 1 aliphatic heterocycles. The first-order valence-corrected chi connectivity index (χ1v) is 9.13. The summed E-state index contributed by atoms with van der Waals surface area (Å²) in [6.45, 7) is 3.96. The summed E-state index contributed by atoms with van der Waals surface area (Å²) in [5.41, 5.74) is 3.85. The fourth-order valence-electron chi connectivity index (χ4n) is 3.22. The molecule has 0 amide bonds. The average molecular weight is 387 g/mol. The summed E-state index contributed by atoms with van der Waals surface area (Å²) in [4.78, 5) is 19.9. The number of nitrogens with zero attached hydrogens (tertiary/aromatic N) is 2. The number of hydrogen-bond donors (Lipinski definition) is 2. The minimum atomic E-state index is -0.452. The first-order chi connectivity index (χ1) is 13.6. The Morgan fingerprint density at radius 1 is 1.14 bits per heavy atom. The molecule has 1 aromatic heterocycles. The van der Waals surface area contributed by atoms with Gasteiger partial charge < -0.3 is 5.11 Å². The number of para-hydroxylation sites is 1. The molecule has 138 valence electrons. The Bertz CT molecular complexity index is 1250. The lowest BCUT2D eigenvalue weighted by Gasteiger charge is -2.11. The van der Waals surface area contributed by atoms with Crippen molar-refractivity contribution < 1.29 is 5.11 Å². The van der Waals surface area contributed by atoms with Crippen LogP contribution in [-0.4, -0.2) is 20.4 Å². The van der Waals surface area contributed by atoms with Gasteiger partial charge >= 0.3 is 0 Å². The van der Waals surface area contributed by atoms with Gasteiger partial charge in [-0.05, 0) is 24.4 Å². The van der Waals surface area contributed by atoms with Crippen LogP contribution < -0.4 is 5.56 Å². The summed E-state index contributed by atoms with van der Waals surface area (Å²) < 4.78 is 1.57. The number of aliphatic imine (C=N–C) groups is 1. The lowest BCUT2D eigenvalue weighted by atomic mass is 9.96. The van der Waals surface area contributed by atoms with E-state index in [1.54, 1.807) is 12.2 Å². The molecule has 0 radical (unpaired) electrons. The number of benzene rings is 2. The van der Waals surface area contributed by atoms with E-state index >= 15 is 0 Å². The molecular weight excluding hydrogens is 370 g/mol. The fraction of sp³-hybridized carbons (Fsp3) is 0.0455. The van der Waals surface area contributed by atoms with Gasteiger partial charge in [-0.25, -0.2) is 4.99 Å². The van der Waals surface area contributed by atoms with E-state index in [4.69, 9.17) is 17.2 Å². The number of fused-ring (bicyclic) bond motifs is 1. The zero-order valence-corrected chi connectivity index (χ0v) is 15.7. The second-order valence-electron chi connectivity index (χ2n) is 6.30. The van der Waals surface area contributed by atoms with E-state index in [-0.39, 0.29) is 22.8 Å². The predicted octanol–water partition coefficient (Wildman–Crippen LogP) is 4.47. The summed E-state index contributed by atoms with van der Waals surface area (Å²) >= 11 is 5.15. The lowest BCUT2D eigenvalue weighted by Crippen LogP contribution is -2.17. The number of H-pyrrole nitrogens is 1. The van der Waals surface area contributed by atoms with E-state index in [1.165, 1.54) is 4.57 Å². The normalized spacial score (nSPS) is 14.0. The third-order valence-corrected chi connectivity index (χ3v) is 4.86. The Labute approximate surface area is 166 Å². The van der Waals surface area contributed by atoms with Crippen LogP contribution in [0.5, 0.6) is 5.88 Å².